The molecule has 1 atom stereocenters. The number of fused-ring (bicyclic) bond motifs is 1. The van der Waals surface area contributed by atoms with Gasteiger partial charge in [0.25, 0.3) is 0 Å². The Balaban J connectivity index is 2.10. The molecule has 1 aromatic rings. The molecule has 0 saturated carbocycles. The van der Waals surface area contributed by atoms with E-state index >= 15 is 0 Å². The molecule has 0 bridgehead atoms. The van der Waals surface area contributed by atoms with Crippen LogP contribution in [0.3, 0.4) is 0 Å². The van der Waals surface area contributed by atoms with Crippen LogP contribution in [0.25, 0.3) is 0 Å². The molecule has 1 unspecified atom stereocenters. The van der Waals surface area contributed by atoms with Gasteiger partial charge in [0.2, 0.25) is 0 Å². The molecule has 2 aliphatic rings. The van der Waals surface area contributed by atoms with Crippen LogP contribution in [-0.2, 0) is 6.42 Å². The molecular weight excluding hydrogens is 254 g/mol. The number of aryl methyl sites for hydroxylation is 1. The Morgan fingerprint density at radius 3 is 2.85 bits per heavy atom. The minimum Gasteiger partial charge on any atom is -0.207 e. The average molecular weight is 274 g/mol. The van der Waals surface area contributed by atoms with Gasteiger partial charge in [-0.1, -0.05) is 24.6 Å². The highest BCUT2D eigenvalue weighted by Crippen LogP contribution is 2.42. The molecule has 0 nitrogen and oxygen atoms in total. The maximum absolute atomic E-state index is 14.3. The van der Waals surface area contributed by atoms with E-state index in [1.807, 2.05) is 0 Å². The van der Waals surface area contributed by atoms with Crippen LogP contribution in [0.4, 0.5) is 8.78 Å². The second kappa shape index (κ2) is 5.51. The molecule has 3 rings (SSSR count). The lowest BCUT2D eigenvalue weighted by Crippen LogP contribution is -2.16. The van der Waals surface area contributed by atoms with E-state index in [4.69, 9.17) is 0 Å². The first-order valence-corrected chi connectivity index (χ1v) is 7.57. The Morgan fingerprint density at radius 2 is 2.05 bits per heavy atom. The number of hydrogen-bond acceptors (Lipinski definition) is 0. The fourth-order valence-corrected chi connectivity index (χ4v) is 3.66. The summed E-state index contributed by atoms with van der Waals surface area (Å²) in [7, 11) is 0. The fourth-order valence-electron chi connectivity index (χ4n) is 3.66. The van der Waals surface area contributed by atoms with Crippen molar-refractivity contribution in [3.8, 4) is 0 Å². The van der Waals surface area contributed by atoms with E-state index in [2.05, 4.69) is 19.1 Å². The molecular formula is C18H20F2. The SMILES string of the molecule is CCC1=C(C2CCCc3cc(F)cc(F)c32)C=CCC1. The summed E-state index contributed by atoms with van der Waals surface area (Å²) in [4.78, 5) is 0. The monoisotopic (exact) mass is 274 g/mol. The van der Waals surface area contributed by atoms with Gasteiger partial charge in [-0.15, -0.1) is 0 Å². The maximum Gasteiger partial charge on any atom is 0.130 e. The molecule has 0 aromatic heterocycles. The minimum absolute atomic E-state index is 0.117. The molecule has 1 aromatic carbocycles. The van der Waals surface area contributed by atoms with E-state index in [1.165, 1.54) is 17.2 Å². The van der Waals surface area contributed by atoms with E-state index in [0.717, 1.165) is 55.7 Å². The lowest BCUT2D eigenvalue weighted by atomic mass is 9.75. The first-order chi connectivity index (χ1) is 9.70. The number of hydrogen-bond donors (Lipinski definition) is 0. The van der Waals surface area contributed by atoms with Gasteiger partial charge in [-0.25, -0.2) is 8.78 Å². The van der Waals surface area contributed by atoms with E-state index in [-0.39, 0.29) is 11.7 Å². The predicted octanol–water partition coefficient (Wildman–Crippen LogP) is 5.44. The normalized spacial score (nSPS) is 22.1. The molecule has 0 radical (unpaired) electrons. The van der Waals surface area contributed by atoms with Crippen molar-refractivity contribution in [3.05, 3.63) is 58.2 Å². The van der Waals surface area contributed by atoms with Crippen molar-refractivity contribution in [3.63, 3.8) is 0 Å². The molecule has 0 saturated heterocycles. The van der Waals surface area contributed by atoms with Crippen LogP contribution < -0.4 is 0 Å². The zero-order valence-corrected chi connectivity index (χ0v) is 11.9. The minimum atomic E-state index is -0.453. The average Bonchev–Trinajstić information content (AvgIpc) is 2.46. The Kier molecular flexibility index (Phi) is 3.73. The zero-order chi connectivity index (χ0) is 14.1. The van der Waals surface area contributed by atoms with Crippen molar-refractivity contribution in [1.29, 1.82) is 0 Å². The standard InChI is InChI=1S/C18H20F2/c1-2-12-6-3-4-8-15(12)16-9-5-7-13-10-14(19)11-17(20)18(13)16/h4,8,10-11,16H,2-3,5-7,9H2,1H3. The summed E-state index contributed by atoms with van der Waals surface area (Å²) in [6, 6.07) is 2.55. The molecule has 2 aliphatic carbocycles. The Morgan fingerprint density at radius 1 is 1.20 bits per heavy atom. The Bertz CT molecular complexity index is 581. The van der Waals surface area contributed by atoms with Gasteiger partial charge in [-0.2, -0.15) is 0 Å². The van der Waals surface area contributed by atoms with Crippen LogP contribution in [0.5, 0.6) is 0 Å². The molecule has 2 heteroatoms. The topological polar surface area (TPSA) is 0 Å². The van der Waals surface area contributed by atoms with Gasteiger partial charge >= 0.3 is 0 Å². The molecule has 0 fully saturated rings. The second-order valence-corrected chi connectivity index (χ2v) is 5.76. The second-order valence-electron chi connectivity index (χ2n) is 5.76. The summed E-state index contributed by atoms with van der Waals surface area (Å²) in [6.07, 6.45) is 10.3. The van der Waals surface area contributed by atoms with Crippen LogP contribution in [0.2, 0.25) is 0 Å². The Hall–Kier alpha value is -1.44. The van der Waals surface area contributed by atoms with E-state index < -0.39 is 5.82 Å². The van der Waals surface area contributed by atoms with Crippen molar-refractivity contribution in [2.24, 2.45) is 0 Å². The molecule has 0 spiro atoms. The highest BCUT2D eigenvalue weighted by atomic mass is 19.1. The lowest BCUT2D eigenvalue weighted by molar-refractivity contribution is 0.522. The summed E-state index contributed by atoms with van der Waals surface area (Å²) >= 11 is 0. The lowest BCUT2D eigenvalue weighted by Gasteiger charge is -2.30. The van der Waals surface area contributed by atoms with Crippen molar-refractivity contribution < 1.29 is 8.78 Å². The van der Waals surface area contributed by atoms with Crippen molar-refractivity contribution in [2.45, 2.75) is 51.4 Å². The summed E-state index contributed by atoms with van der Waals surface area (Å²) < 4.78 is 27.7. The molecule has 0 aliphatic heterocycles. The zero-order valence-electron chi connectivity index (χ0n) is 11.9. The van der Waals surface area contributed by atoms with Gasteiger partial charge in [0.05, 0.1) is 0 Å². The third-order valence-electron chi connectivity index (χ3n) is 4.59. The number of halogens is 2. The Labute approximate surface area is 119 Å². The summed E-state index contributed by atoms with van der Waals surface area (Å²) in [6.45, 7) is 2.17. The summed E-state index contributed by atoms with van der Waals surface area (Å²) in [5, 5.41) is 0. The van der Waals surface area contributed by atoms with Crippen LogP contribution in [0.15, 0.2) is 35.4 Å². The van der Waals surface area contributed by atoms with E-state index in [9.17, 15) is 8.78 Å². The highest BCUT2D eigenvalue weighted by molar-refractivity contribution is 5.45. The van der Waals surface area contributed by atoms with E-state index in [0.29, 0.717) is 0 Å². The van der Waals surface area contributed by atoms with Crippen molar-refractivity contribution in [2.75, 3.05) is 0 Å². The molecule has 106 valence electrons. The van der Waals surface area contributed by atoms with E-state index in [1.54, 1.807) is 0 Å². The van der Waals surface area contributed by atoms with Gasteiger partial charge < -0.3 is 0 Å². The first-order valence-electron chi connectivity index (χ1n) is 7.57. The van der Waals surface area contributed by atoms with Crippen LogP contribution in [0, 0.1) is 11.6 Å². The number of allylic oxidation sites excluding steroid dienone is 4. The third-order valence-corrected chi connectivity index (χ3v) is 4.59. The summed E-state index contributed by atoms with van der Waals surface area (Å²) in [5.41, 5.74) is 4.32. The smallest absolute Gasteiger partial charge is 0.130 e. The number of rotatable bonds is 2. The fraction of sp³-hybridized carbons (Fsp3) is 0.444. The number of benzene rings is 1. The van der Waals surface area contributed by atoms with Crippen LogP contribution in [0.1, 0.15) is 56.1 Å². The van der Waals surface area contributed by atoms with Gasteiger partial charge in [-0.05, 0) is 61.3 Å². The van der Waals surface area contributed by atoms with Gasteiger partial charge in [-0.3, -0.25) is 0 Å². The highest BCUT2D eigenvalue weighted by Gasteiger charge is 2.28. The van der Waals surface area contributed by atoms with Gasteiger partial charge in [0.1, 0.15) is 11.6 Å². The van der Waals surface area contributed by atoms with Crippen molar-refractivity contribution >= 4 is 0 Å². The largest absolute Gasteiger partial charge is 0.207 e. The molecule has 0 amide bonds. The van der Waals surface area contributed by atoms with Crippen LogP contribution >= 0.6 is 0 Å². The molecule has 0 N–H and O–H groups in total. The quantitative estimate of drug-likeness (QED) is 0.673. The summed E-state index contributed by atoms with van der Waals surface area (Å²) in [5.74, 6) is -0.705. The van der Waals surface area contributed by atoms with Crippen molar-refractivity contribution in [1.82, 2.24) is 0 Å². The molecule has 20 heavy (non-hydrogen) atoms. The first kappa shape index (κ1) is 13.5. The molecule has 0 heterocycles. The maximum atomic E-state index is 14.3. The third kappa shape index (κ3) is 2.32. The van der Waals surface area contributed by atoms with Gasteiger partial charge in [0, 0.05) is 12.0 Å². The predicted molar refractivity (Wildman–Crippen MR) is 77.7 cm³/mol. The van der Waals surface area contributed by atoms with Crippen LogP contribution in [-0.4, -0.2) is 0 Å². The van der Waals surface area contributed by atoms with Gasteiger partial charge in [0.15, 0.2) is 0 Å².